The molecule has 0 radical (unpaired) electrons. The lowest BCUT2D eigenvalue weighted by atomic mass is 10.1. The van der Waals surface area contributed by atoms with E-state index in [2.05, 4.69) is 23.8 Å². The summed E-state index contributed by atoms with van der Waals surface area (Å²) in [5.41, 5.74) is 0.722. The highest BCUT2D eigenvalue weighted by atomic mass is 32.2. The summed E-state index contributed by atoms with van der Waals surface area (Å²) in [7, 11) is 0. The average Bonchev–Trinajstić information content (AvgIpc) is 2.64. The van der Waals surface area contributed by atoms with Gasteiger partial charge in [0.15, 0.2) is 0 Å². The Kier molecular flexibility index (Phi) is 6.04. The maximum absolute atomic E-state index is 11.8. The zero-order valence-corrected chi connectivity index (χ0v) is 14.9. The number of hydrogen-bond acceptors (Lipinski definition) is 3. The summed E-state index contributed by atoms with van der Waals surface area (Å²) in [5.74, 6) is 1.53. The van der Waals surface area contributed by atoms with Crippen LogP contribution in [0.25, 0.3) is 10.8 Å². The average molecular weight is 355 g/mol. The Hall–Kier alpha value is -2.37. The number of unbranched alkanes of at least 4 members (excludes halogenated alkanes) is 1. The van der Waals surface area contributed by atoms with Gasteiger partial charge in [0.2, 0.25) is 0 Å². The highest BCUT2D eigenvalue weighted by molar-refractivity contribution is 7.81. The van der Waals surface area contributed by atoms with Gasteiger partial charge in [0.05, 0.1) is 6.61 Å². The van der Waals surface area contributed by atoms with E-state index in [1.807, 2.05) is 54.6 Å². The van der Waals surface area contributed by atoms with E-state index < -0.39 is 11.3 Å². The molecule has 4 nitrogen and oxygen atoms in total. The van der Waals surface area contributed by atoms with Gasteiger partial charge in [0, 0.05) is 11.1 Å². The van der Waals surface area contributed by atoms with Gasteiger partial charge in [0.1, 0.15) is 11.5 Å². The highest BCUT2D eigenvalue weighted by Crippen LogP contribution is 2.30. The molecule has 0 aromatic heterocycles. The quantitative estimate of drug-likeness (QED) is 0.547. The molecule has 0 saturated carbocycles. The van der Waals surface area contributed by atoms with Crippen LogP contribution in [-0.2, 0) is 15.4 Å². The van der Waals surface area contributed by atoms with E-state index in [9.17, 15) is 4.21 Å². The third-order valence-electron chi connectivity index (χ3n) is 3.72. The smallest absolute Gasteiger partial charge is 0.261 e. The van der Waals surface area contributed by atoms with E-state index in [0.717, 1.165) is 40.8 Å². The molecule has 0 heterocycles. The van der Waals surface area contributed by atoms with E-state index in [0.29, 0.717) is 6.61 Å². The van der Waals surface area contributed by atoms with Crippen molar-refractivity contribution in [2.45, 2.75) is 19.8 Å². The molecule has 1 unspecified atom stereocenters. The second-order valence-electron chi connectivity index (χ2n) is 5.62. The van der Waals surface area contributed by atoms with E-state index in [1.165, 1.54) is 0 Å². The van der Waals surface area contributed by atoms with Gasteiger partial charge in [0.25, 0.3) is 11.3 Å². The molecule has 0 spiro atoms. The lowest BCUT2D eigenvalue weighted by Crippen LogP contribution is -2.08. The number of ether oxygens (including phenoxy) is 1. The first-order valence-corrected chi connectivity index (χ1v) is 9.41. The van der Waals surface area contributed by atoms with Crippen LogP contribution in [0.1, 0.15) is 19.8 Å². The van der Waals surface area contributed by atoms with Gasteiger partial charge in [-0.25, -0.2) is 4.21 Å². The molecule has 0 saturated heterocycles. The Morgan fingerprint density at radius 1 is 0.960 bits per heavy atom. The van der Waals surface area contributed by atoms with Crippen molar-refractivity contribution in [1.82, 2.24) is 0 Å². The monoisotopic (exact) mass is 355 g/mol. The van der Waals surface area contributed by atoms with Gasteiger partial charge in [-0.3, -0.25) is 8.91 Å². The molecule has 5 heteroatoms. The summed E-state index contributed by atoms with van der Waals surface area (Å²) in [5, 5.41) is 2.20. The van der Waals surface area contributed by atoms with Crippen molar-refractivity contribution in [3.8, 4) is 11.5 Å². The number of benzene rings is 3. The first-order valence-electron chi connectivity index (χ1n) is 8.33. The number of rotatable bonds is 8. The summed E-state index contributed by atoms with van der Waals surface area (Å²) >= 11 is -1.53. The largest absolute Gasteiger partial charge is 0.457 e. The van der Waals surface area contributed by atoms with Crippen LogP contribution in [0.5, 0.6) is 11.5 Å². The minimum absolute atomic E-state index is 0.485. The Morgan fingerprint density at radius 2 is 1.72 bits per heavy atom. The number of fused-ring (bicyclic) bond motifs is 1. The summed E-state index contributed by atoms with van der Waals surface area (Å²) in [6, 6.07) is 21.4. The molecule has 0 bridgehead atoms. The first kappa shape index (κ1) is 17.5. The maximum atomic E-state index is 11.8. The van der Waals surface area contributed by atoms with Crippen molar-refractivity contribution in [1.29, 1.82) is 0 Å². The van der Waals surface area contributed by atoms with Crippen molar-refractivity contribution < 1.29 is 13.1 Å². The predicted molar refractivity (Wildman–Crippen MR) is 103 cm³/mol. The van der Waals surface area contributed by atoms with Crippen LogP contribution < -0.4 is 9.46 Å². The van der Waals surface area contributed by atoms with Crippen molar-refractivity contribution in [3.63, 3.8) is 0 Å². The molecule has 3 aromatic carbocycles. The van der Waals surface area contributed by atoms with Crippen molar-refractivity contribution in [2.24, 2.45) is 0 Å². The van der Waals surface area contributed by atoms with E-state index in [1.54, 1.807) is 0 Å². The normalized spacial score (nSPS) is 12.0. The number of nitrogens with one attached hydrogen (secondary N) is 1. The van der Waals surface area contributed by atoms with Crippen LogP contribution in [-0.4, -0.2) is 10.8 Å². The van der Waals surface area contributed by atoms with Crippen molar-refractivity contribution in [2.75, 3.05) is 11.3 Å². The molecule has 1 atom stereocenters. The second kappa shape index (κ2) is 8.65. The van der Waals surface area contributed by atoms with Crippen LogP contribution >= 0.6 is 0 Å². The van der Waals surface area contributed by atoms with E-state index in [4.69, 9.17) is 8.92 Å². The third-order valence-corrected chi connectivity index (χ3v) is 4.50. The molecular formula is C20H21NO3S. The Morgan fingerprint density at radius 3 is 2.52 bits per heavy atom. The SMILES string of the molecule is CCCCOS(=O)Nc1ccc(Oc2cccc3ccccc23)cc1. The minimum Gasteiger partial charge on any atom is -0.457 e. The van der Waals surface area contributed by atoms with Gasteiger partial charge in [-0.1, -0.05) is 49.7 Å². The predicted octanol–water partition coefficient (Wildman–Crippen LogP) is 5.44. The van der Waals surface area contributed by atoms with Crippen LogP contribution in [0.15, 0.2) is 66.7 Å². The maximum Gasteiger partial charge on any atom is 0.261 e. The molecule has 0 fully saturated rings. The van der Waals surface area contributed by atoms with Crippen molar-refractivity contribution >= 4 is 27.7 Å². The second-order valence-corrected chi connectivity index (χ2v) is 6.53. The molecule has 3 rings (SSSR count). The van der Waals surface area contributed by atoms with Gasteiger partial charge < -0.3 is 4.74 Å². The van der Waals surface area contributed by atoms with Crippen LogP contribution in [0, 0.1) is 0 Å². The van der Waals surface area contributed by atoms with E-state index in [-0.39, 0.29) is 0 Å². The highest BCUT2D eigenvalue weighted by Gasteiger charge is 2.04. The molecule has 0 aliphatic heterocycles. The lowest BCUT2D eigenvalue weighted by molar-refractivity contribution is 0.340. The number of hydrogen-bond donors (Lipinski definition) is 1. The zero-order chi connectivity index (χ0) is 17.5. The molecule has 0 amide bonds. The fourth-order valence-corrected chi connectivity index (χ4v) is 3.06. The summed E-state index contributed by atoms with van der Waals surface area (Å²) < 4.78 is 25.8. The lowest BCUT2D eigenvalue weighted by Gasteiger charge is -2.10. The Balaban J connectivity index is 1.65. The first-order chi connectivity index (χ1) is 12.3. The third kappa shape index (κ3) is 4.81. The molecule has 130 valence electrons. The molecule has 3 aromatic rings. The standard InChI is InChI=1S/C20H21NO3S/c1-2-3-15-23-25(22)21-17-11-13-18(14-12-17)24-20-10-6-8-16-7-4-5-9-19(16)20/h4-14,21H,2-3,15H2,1H3. The fourth-order valence-electron chi connectivity index (χ4n) is 2.41. The van der Waals surface area contributed by atoms with Gasteiger partial charge in [-0.05, 0) is 42.1 Å². The van der Waals surface area contributed by atoms with Gasteiger partial charge in [-0.15, -0.1) is 0 Å². The van der Waals surface area contributed by atoms with Crippen LogP contribution in [0.2, 0.25) is 0 Å². The van der Waals surface area contributed by atoms with Gasteiger partial charge >= 0.3 is 0 Å². The molecule has 1 N–H and O–H groups in total. The van der Waals surface area contributed by atoms with Crippen LogP contribution in [0.3, 0.4) is 0 Å². The molecule has 0 aliphatic rings. The molecule has 0 aliphatic carbocycles. The minimum atomic E-state index is -1.53. The summed E-state index contributed by atoms with van der Waals surface area (Å²) in [4.78, 5) is 0. The van der Waals surface area contributed by atoms with Gasteiger partial charge in [-0.2, -0.15) is 0 Å². The Bertz CT molecular complexity index is 844. The zero-order valence-electron chi connectivity index (χ0n) is 14.1. The topological polar surface area (TPSA) is 47.6 Å². The number of anilines is 1. The Labute approximate surface area is 150 Å². The van der Waals surface area contributed by atoms with Crippen molar-refractivity contribution in [3.05, 3.63) is 66.7 Å². The molecule has 25 heavy (non-hydrogen) atoms. The summed E-state index contributed by atoms with van der Waals surface area (Å²) in [6.07, 6.45) is 1.91. The van der Waals surface area contributed by atoms with E-state index >= 15 is 0 Å². The summed E-state index contributed by atoms with van der Waals surface area (Å²) in [6.45, 7) is 2.55. The fraction of sp³-hybridized carbons (Fsp3) is 0.200. The molecular weight excluding hydrogens is 334 g/mol. The van der Waals surface area contributed by atoms with Crippen LogP contribution in [0.4, 0.5) is 5.69 Å².